The van der Waals surface area contributed by atoms with Crippen molar-refractivity contribution in [2.24, 2.45) is 17.8 Å². The molecule has 0 bridgehead atoms. The van der Waals surface area contributed by atoms with Gasteiger partial charge in [-0.1, -0.05) is 6.92 Å². The molecule has 1 saturated heterocycles. The zero-order valence-electron chi connectivity index (χ0n) is 12.1. The lowest BCUT2D eigenvalue weighted by Crippen LogP contribution is -2.42. The van der Waals surface area contributed by atoms with Crippen LogP contribution in [0.5, 0.6) is 0 Å². The second-order valence-electron chi connectivity index (χ2n) is 6.32. The van der Waals surface area contributed by atoms with Gasteiger partial charge in [-0.25, -0.2) is 0 Å². The Morgan fingerprint density at radius 2 is 1.95 bits per heavy atom. The maximum absolute atomic E-state index is 12.7. The average Bonchev–Trinajstić information content (AvgIpc) is 3.01. The van der Waals surface area contributed by atoms with Crippen LogP contribution in [-0.2, 0) is 9.59 Å². The first-order chi connectivity index (χ1) is 9.54. The van der Waals surface area contributed by atoms with Crippen LogP contribution in [0.4, 0.5) is 0 Å². The highest BCUT2D eigenvalue weighted by atomic mass is 16.4. The third-order valence-corrected chi connectivity index (χ3v) is 4.79. The van der Waals surface area contributed by atoms with E-state index in [-0.39, 0.29) is 24.5 Å². The summed E-state index contributed by atoms with van der Waals surface area (Å²) >= 11 is 0. The Kier molecular flexibility index (Phi) is 5.02. The van der Waals surface area contributed by atoms with Crippen LogP contribution in [0.2, 0.25) is 0 Å². The van der Waals surface area contributed by atoms with Crippen molar-refractivity contribution in [1.29, 1.82) is 0 Å². The Balaban J connectivity index is 2.03. The van der Waals surface area contributed by atoms with Crippen molar-refractivity contribution < 1.29 is 19.8 Å². The van der Waals surface area contributed by atoms with Gasteiger partial charge in [0.2, 0.25) is 5.91 Å². The largest absolute Gasteiger partial charge is 0.481 e. The van der Waals surface area contributed by atoms with Crippen molar-refractivity contribution in [3.63, 3.8) is 0 Å². The van der Waals surface area contributed by atoms with E-state index in [1.54, 1.807) is 0 Å². The summed E-state index contributed by atoms with van der Waals surface area (Å²) in [5.41, 5.74) is 0. The molecule has 2 fully saturated rings. The minimum atomic E-state index is -0.834. The molecular weight excluding hydrogens is 258 g/mol. The molecule has 0 aromatic carbocycles. The number of rotatable bonds is 5. The number of amides is 1. The standard InChI is InChI=1S/C15H25NO4/c1-10-8-12(13(9-10)15(19)20)14(18)16-6-2-4-11(16)5-3-7-17/h10-13,17H,2-9H2,1H3,(H,19,20). The maximum atomic E-state index is 12.7. The van der Waals surface area contributed by atoms with Crippen molar-refractivity contribution in [3.8, 4) is 0 Å². The molecular formula is C15H25NO4. The lowest BCUT2D eigenvalue weighted by atomic mass is 9.94. The number of aliphatic hydroxyl groups excluding tert-OH is 1. The number of nitrogens with zero attached hydrogens (tertiary/aromatic N) is 1. The van der Waals surface area contributed by atoms with E-state index in [1.165, 1.54) is 0 Å². The third-order valence-electron chi connectivity index (χ3n) is 4.79. The molecule has 0 aromatic rings. The van der Waals surface area contributed by atoms with Crippen LogP contribution in [0, 0.1) is 17.8 Å². The molecule has 5 heteroatoms. The van der Waals surface area contributed by atoms with E-state index in [0.29, 0.717) is 25.2 Å². The minimum absolute atomic E-state index is 0.0298. The number of carboxylic acid groups (broad SMARTS) is 1. The first-order valence-electron chi connectivity index (χ1n) is 7.68. The Hall–Kier alpha value is -1.10. The number of hydrogen-bond donors (Lipinski definition) is 2. The second-order valence-corrected chi connectivity index (χ2v) is 6.32. The van der Waals surface area contributed by atoms with Gasteiger partial charge in [-0.2, -0.15) is 0 Å². The molecule has 0 aromatic heterocycles. The van der Waals surface area contributed by atoms with Gasteiger partial charge in [0, 0.05) is 19.2 Å². The number of likely N-dealkylation sites (tertiary alicyclic amines) is 1. The summed E-state index contributed by atoms with van der Waals surface area (Å²) in [4.78, 5) is 25.9. The van der Waals surface area contributed by atoms with Crippen molar-refractivity contribution in [3.05, 3.63) is 0 Å². The lowest BCUT2D eigenvalue weighted by Gasteiger charge is -2.28. The molecule has 20 heavy (non-hydrogen) atoms. The van der Waals surface area contributed by atoms with E-state index >= 15 is 0 Å². The molecule has 1 saturated carbocycles. The number of carbonyl (C=O) groups excluding carboxylic acids is 1. The van der Waals surface area contributed by atoms with Crippen LogP contribution in [0.3, 0.4) is 0 Å². The van der Waals surface area contributed by atoms with Gasteiger partial charge in [-0.3, -0.25) is 9.59 Å². The van der Waals surface area contributed by atoms with Gasteiger partial charge in [-0.15, -0.1) is 0 Å². The molecule has 1 heterocycles. The number of carboxylic acids is 1. The monoisotopic (exact) mass is 283 g/mol. The highest BCUT2D eigenvalue weighted by Gasteiger charge is 2.44. The predicted octanol–water partition coefficient (Wildman–Crippen LogP) is 1.50. The van der Waals surface area contributed by atoms with Gasteiger partial charge in [0.05, 0.1) is 11.8 Å². The molecule has 4 unspecified atom stereocenters. The number of aliphatic hydroxyl groups is 1. The molecule has 2 aliphatic rings. The van der Waals surface area contributed by atoms with E-state index < -0.39 is 11.9 Å². The summed E-state index contributed by atoms with van der Waals surface area (Å²) in [6, 6.07) is 0.194. The van der Waals surface area contributed by atoms with Crippen LogP contribution in [0.25, 0.3) is 0 Å². The Labute approximate surface area is 120 Å². The number of aliphatic carboxylic acids is 1. The first kappa shape index (κ1) is 15.3. The van der Waals surface area contributed by atoms with E-state index in [1.807, 2.05) is 11.8 Å². The Bertz CT molecular complexity index is 371. The molecule has 1 aliphatic heterocycles. The zero-order chi connectivity index (χ0) is 14.7. The average molecular weight is 283 g/mol. The van der Waals surface area contributed by atoms with Crippen LogP contribution >= 0.6 is 0 Å². The normalized spacial score (nSPS) is 33.6. The van der Waals surface area contributed by atoms with Gasteiger partial charge >= 0.3 is 5.97 Å². The zero-order valence-corrected chi connectivity index (χ0v) is 12.1. The van der Waals surface area contributed by atoms with Crippen LogP contribution < -0.4 is 0 Å². The Morgan fingerprint density at radius 3 is 2.60 bits per heavy atom. The summed E-state index contributed by atoms with van der Waals surface area (Å²) in [6.07, 6.45) is 4.80. The fraction of sp³-hybridized carbons (Fsp3) is 0.867. The van der Waals surface area contributed by atoms with Gasteiger partial charge in [0.25, 0.3) is 0 Å². The highest BCUT2D eigenvalue weighted by molar-refractivity contribution is 5.85. The van der Waals surface area contributed by atoms with Gasteiger partial charge in [0.1, 0.15) is 0 Å². The van der Waals surface area contributed by atoms with Crippen molar-refractivity contribution >= 4 is 11.9 Å². The van der Waals surface area contributed by atoms with Crippen molar-refractivity contribution in [1.82, 2.24) is 4.90 Å². The Morgan fingerprint density at radius 1 is 1.25 bits per heavy atom. The third kappa shape index (κ3) is 3.14. The molecule has 1 amide bonds. The van der Waals surface area contributed by atoms with Gasteiger partial charge in [-0.05, 0) is 44.4 Å². The van der Waals surface area contributed by atoms with Crippen LogP contribution in [0.1, 0.15) is 45.4 Å². The summed E-state index contributed by atoms with van der Waals surface area (Å²) in [5.74, 6) is -1.36. The molecule has 4 atom stereocenters. The van der Waals surface area contributed by atoms with E-state index in [0.717, 1.165) is 25.8 Å². The SMILES string of the molecule is CC1CC(C(=O)O)C(C(=O)N2CCCC2CCCO)C1. The molecule has 0 radical (unpaired) electrons. The quantitative estimate of drug-likeness (QED) is 0.801. The second kappa shape index (κ2) is 6.57. The lowest BCUT2D eigenvalue weighted by molar-refractivity contribution is -0.149. The first-order valence-corrected chi connectivity index (χ1v) is 7.68. The van der Waals surface area contributed by atoms with Crippen LogP contribution in [-0.4, -0.2) is 46.2 Å². The summed E-state index contributed by atoms with van der Waals surface area (Å²) in [5, 5.41) is 18.2. The predicted molar refractivity (Wildman–Crippen MR) is 74.1 cm³/mol. The topological polar surface area (TPSA) is 77.8 Å². The summed E-state index contributed by atoms with van der Waals surface area (Å²) < 4.78 is 0. The van der Waals surface area contributed by atoms with Gasteiger partial charge in [0.15, 0.2) is 0 Å². The fourth-order valence-corrected chi connectivity index (χ4v) is 3.80. The van der Waals surface area contributed by atoms with Crippen LogP contribution in [0.15, 0.2) is 0 Å². The number of hydrogen-bond acceptors (Lipinski definition) is 3. The van der Waals surface area contributed by atoms with E-state index in [2.05, 4.69) is 0 Å². The molecule has 114 valence electrons. The maximum Gasteiger partial charge on any atom is 0.307 e. The summed E-state index contributed by atoms with van der Waals surface area (Å²) in [6.45, 7) is 2.92. The molecule has 5 nitrogen and oxygen atoms in total. The summed E-state index contributed by atoms with van der Waals surface area (Å²) in [7, 11) is 0. The smallest absolute Gasteiger partial charge is 0.307 e. The highest BCUT2D eigenvalue weighted by Crippen LogP contribution is 2.39. The van der Waals surface area contributed by atoms with Crippen molar-refractivity contribution in [2.75, 3.05) is 13.2 Å². The minimum Gasteiger partial charge on any atom is -0.481 e. The molecule has 2 rings (SSSR count). The van der Waals surface area contributed by atoms with E-state index in [9.17, 15) is 14.7 Å². The molecule has 2 N–H and O–H groups in total. The fourth-order valence-electron chi connectivity index (χ4n) is 3.80. The van der Waals surface area contributed by atoms with Crippen molar-refractivity contribution in [2.45, 2.75) is 51.5 Å². The van der Waals surface area contributed by atoms with E-state index in [4.69, 9.17) is 5.11 Å². The molecule has 0 spiro atoms. The number of carbonyl (C=O) groups is 2. The van der Waals surface area contributed by atoms with Gasteiger partial charge < -0.3 is 15.1 Å². The molecule has 1 aliphatic carbocycles.